The van der Waals surface area contributed by atoms with E-state index in [2.05, 4.69) is 16.4 Å². The normalized spacial score (nSPS) is 14.6. The Morgan fingerprint density at radius 1 is 0.955 bits per heavy atom. The van der Waals surface area contributed by atoms with Gasteiger partial charge < -0.3 is 15.0 Å². The number of nitrogens with one attached hydrogen (secondary N) is 2. The Balaban J connectivity index is 1.80. The minimum atomic E-state index is -0.257. The molecule has 0 amide bonds. The first-order valence-electron chi connectivity index (χ1n) is 7.58. The van der Waals surface area contributed by atoms with Gasteiger partial charge in [-0.15, -0.1) is 0 Å². The van der Waals surface area contributed by atoms with Gasteiger partial charge >= 0.3 is 0 Å². The molecular formula is C18H17FN2O. The maximum atomic E-state index is 13.0. The molecule has 4 rings (SSSR count). The van der Waals surface area contributed by atoms with Crippen molar-refractivity contribution in [2.45, 2.75) is 12.8 Å². The number of halogens is 1. The second kappa shape index (κ2) is 5.46. The lowest BCUT2D eigenvalue weighted by Gasteiger charge is -2.09. The zero-order valence-corrected chi connectivity index (χ0v) is 12.2. The van der Waals surface area contributed by atoms with Gasteiger partial charge in [-0.05, 0) is 54.9 Å². The first-order chi connectivity index (χ1) is 10.8. The van der Waals surface area contributed by atoms with Crippen molar-refractivity contribution in [2.24, 2.45) is 0 Å². The minimum Gasteiger partial charge on any atom is -0.457 e. The van der Waals surface area contributed by atoms with Crippen molar-refractivity contribution in [1.29, 1.82) is 0 Å². The largest absolute Gasteiger partial charge is 0.457 e. The van der Waals surface area contributed by atoms with E-state index in [9.17, 15) is 4.39 Å². The number of benzene rings is 2. The highest BCUT2D eigenvalue weighted by molar-refractivity contribution is 5.91. The van der Waals surface area contributed by atoms with E-state index in [1.807, 2.05) is 12.1 Å². The Morgan fingerprint density at radius 2 is 1.77 bits per heavy atom. The number of ether oxygens (including phenoxy) is 1. The zero-order valence-electron chi connectivity index (χ0n) is 12.2. The molecule has 22 heavy (non-hydrogen) atoms. The first-order valence-corrected chi connectivity index (χ1v) is 7.58. The summed E-state index contributed by atoms with van der Waals surface area (Å²) in [5.74, 6) is 1.21. The molecule has 0 unspecified atom stereocenters. The highest BCUT2D eigenvalue weighted by Gasteiger charge is 2.17. The van der Waals surface area contributed by atoms with Crippen molar-refractivity contribution in [3.8, 4) is 11.5 Å². The molecule has 0 saturated heterocycles. The molecule has 112 valence electrons. The van der Waals surface area contributed by atoms with Gasteiger partial charge in [0.05, 0.1) is 0 Å². The van der Waals surface area contributed by atoms with Crippen molar-refractivity contribution < 1.29 is 9.13 Å². The summed E-state index contributed by atoms with van der Waals surface area (Å²) in [6.45, 7) is 1.97. The molecule has 0 spiro atoms. The molecule has 0 saturated carbocycles. The number of hydrogen-bond donors (Lipinski definition) is 2. The van der Waals surface area contributed by atoms with Crippen LogP contribution < -0.4 is 10.1 Å². The molecule has 3 nitrogen and oxygen atoms in total. The van der Waals surface area contributed by atoms with Gasteiger partial charge in [-0.2, -0.15) is 0 Å². The second-order valence-electron chi connectivity index (χ2n) is 5.57. The molecule has 2 N–H and O–H groups in total. The van der Waals surface area contributed by atoms with Crippen molar-refractivity contribution in [3.05, 3.63) is 59.5 Å². The van der Waals surface area contributed by atoms with Gasteiger partial charge in [0, 0.05) is 29.6 Å². The maximum Gasteiger partial charge on any atom is 0.137 e. The molecule has 0 fully saturated rings. The molecule has 1 aromatic heterocycles. The van der Waals surface area contributed by atoms with E-state index in [1.165, 1.54) is 23.4 Å². The molecule has 2 aromatic carbocycles. The zero-order chi connectivity index (χ0) is 14.9. The lowest BCUT2D eigenvalue weighted by atomic mass is 10.1. The van der Waals surface area contributed by atoms with Crippen LogP contribution in [0.4, 0.5) is 4.39 Å². The fourth-order valence-electron chi connectivity index (χ4n) is 3.09. The van der Waals surface area contributed by atoms with Crippen LogP contribution in [0, 0.1) is 5.82 Å². The van der Waals surface area contributed by atoms with Crippen LogP contribution in [0.15, 0.2) is 42.5 Å². The predicted octanol–water partition coefficient (Wildman–Crippen LogP) is 3.79. The average molecular weight is 296 g/mol. The topological polar surface area (TPSA) is 37.0 Å². The van der Waals surface area contributed by atoms with Crippen molar-refractivity contribution in [1.82, 2.24) is 10.3 Å². The summed E-state index contributed by atoms with van der Waals surface area (Å²) < 4.78 is 19.0. The number of rotatable bonds is 2. The summed E-state index contributed by atoms with van der Waals surface area (Å²) in [5, 5.41) is 4.56. The van der Waals surface area contributed by atoms with Crippen molar-refractivity contribution >= 4 is 10.9 Å². The summed E-state index contributed by atoms with van der Waals surface area (Å²) in [6.07, 6.45) is 1.99. The second-order valence-corrected chi connectivity index (χ2v) is 5.57. The standard InChI is InChI=1S/C18H17FN2O/c19-12-4-6-13(7-5-12)22-17-3-1-2-16-18(17)14-8-10-20-11-9-15(14)21-16/h1-7,20-21H,8-11H2. The van der Waals surface area contributed by atoms with Gasteiger partial charge in [0.25, 0.3) is 0 Å². The highest BCUT2D eigenvalue weighted by atomic mass is 19.1. The maximum absolute atomic E-state index is 13.0. The van der Waals surface area contributed by atoms with Crippen LogP contribution in [0.1, 0.15) is 11.3 Å². The van der Waals surface area contributed by atoms with Gasteiger partial charge in [0.2, 0.25) is 0 Å². The number of fused-ring (bicyclic) bond motifs is 3. The smallest absolute Gasteiger partial charge is 0.137 e. The molecule has 0 bridgehead atoms. The molecule has 3 aromatic rings. The molecular weight excluding hydrogens is 279 g/mol. The molecule has 0 radical (unpaired) electrons. The quantitative estimate of drug-likeness (QED) is 0.755. The fourth-order valence-corrected chi connectivity index (χ4v) is 3.09. The Hall–Kier alpha value is -2.33. The Bertz CT molecular complexity index is 808. The Labute approximate surface area is 128 Å². The summed E-state index contributed by atoms with van der Waals surface area (Å²) in [5.41, 5.74) is 3.72. The minimum absolute atomic E-state index is 0.257. The van der Waals surface area contributed by atoms with Gasteiger partial charge in [0.1, 0.15) is 17.3 Å². The monoisotopic (exact) mass is 296 g/mol. The number of hydrogen-bond acceptors (Lipinski definition) is 2. The lowest BCUT2D eigenvalue weighted by Crippen LogP contribution is -2.16. The summed E-state index contributed by atoms with van der Waals surface area (Å²) in [7, 11) is 0. The van der Waals surface area contributed by atoms with Crippen LogP contribution in [0.3, 0.4) is 0 Å². The third-order valence-electron chi connectivity index (χ3n) is 4.12. The van der Waals surface area contributed by atoms with Crippen LogP contribution in [0.25, 0.3) is 10.9 Å². The predicted molar refractivity (Wildman–Crippen MR) is 85.1 cm³/mol. The highest BCUT2D eigenvalue weighted by Crippen LogP contribution is 2.35. The van der Waals surface area contributed by atoms with E-state index in [4.69, 9.17) is 4.74 Å². The van der Waals surface area contributed by atoms with Crippen molar-refractivity contribution in [2.75, 3.05) is 13.1 Å². The Morgan fingerprint density at radius 3 is 2.64 bits per heavy atom. The van der Waals surface area contributed by atoms with E-state index in [0.717, 1.165) is 42.6 Å². The van der Waals surface area contributed by atoms with Crippen molar-refractivity contribution in [3.63, 3.8) is 0 Å². The van der Waals surface area contributed by atoms with Crippen LogP contribution in [-0.4, -0.2) is 18.1 Å². The Kier molecular flexibility index (Phi) is 3.31. The third-order valence-corrected chi connectivity index (χ3v) is 4.12. The molecule has 2 heterocycles. The van der Waals surface area contributed by atoms with Crippen LogP contribution in [-0.2, 0) is 12.8 Å². The van der Waals surface area contributed by atoms with E-state index in [0.29, 0.717) is 5.75 Å². The number of aromatic nitrogens is 1. The van der Waals surface area contributed by atoms with E-state index in [-0.39, 0.29) is 5.82 Å². The van der Waals surface area contributed by atoms with E-state index >= 15 is 0 Å². The molecule has 1 aliphatic heterocycles. The summed E-state index contributed by atoms with van der Waals surface area (Å²) >= 11 is 0. The van der Waals surface area contributed by atoms with Gasteiger partial charge in [0.15, 0.2) is 0 Å². The molecule has 1 aliphatic rings. The van der Waals surface area contributed by atoms with E-state index in [1.54, 1.807) is 12.1 Å². The molecule has 4 heteroatoms. The summed E-state index contributed by atoms with van der Waals surface area (Å²) in [6, 6.07) is 12.2. The SMILES string of the molecule is Fc1ccc(Oc2cccc3[nH]c4c(c23)CCNCC4)cc1. The first kappa shape index (κ1) is 13.3. The van der Waals surface area contributed by atoms with Crippen LogP contribution >= 0.6 is 0 Å². The average Bonchev–Trinajstić information content (AvgIpc) is 2.73. The molecule has 0 atom stereocenters. The lowest BCUT2D eigenvalue weighted by molar-refractivity contribution is 0.486. The van der Waals surface area contributed by atoms with Crippen LogP contribution in [0.2, 0.25) is 0 Å². The van der Waals surface area contributed by atoms with E-state index < -0.39 is 0 Å². The molecule has 0 aliphatic carbocycles. The number of aromatic amines is 1. The number of H-pyrrole nitrogens is 1. The fraction of sp³-hybridized carbons (Fsp3) is 0.222. The summed E-state index contributed by atoms with van der Waals surface area (Å²) in [4.78, 5) is 3.51. The van der Waals surface area contributed by atoms with Gasteiger partial charge in [-0.25, -0.2) is 4.39 Å². The van der Waals surface area contributed by atoms with Gasteiger partial charge in [-0.1, -0.05) is 6.07 Å². The van der Waals surface area contributed by atoms with Crippen LogP contribution in [0.5, 0.6) is 11.5 Å². The third kappa shape index (κ3) is 2.35. The van der Waals surface area contributed by atoms with Gasteiger partial charge in [-0.3, -0.25) is 0 Å².